The maximum absolute atomic E-state index is 12.1. The first-order valence-corrected chi connectivity index (χ1v) is 7.88. The van der Waals surface area contributed by atoms with Crippen LogP contribution in [-0.2, 0) is 10.2 Å². The van der Waals surface area contributed by atoms with Gasteiger partial charge in [0, 0.05) is 35.0 Å². The highest BCUT2D eigenvalue weighted by Crippen LogP contribution is 2.39. The predicted molar refractivity (Wildman–Crippen MR) is 93.2 cm³/mol. The van der Waals surface area contributed by atoms with Gasteiger partial charge in [-0.1, -0.05) is 12.1 Å². The second-order valence-corrected chi connectivity index (χ2v) is 6.66. The van der Waals surface area contributed by atoms with Gasteiger partial charge < -0.3 is 9.88 Å². The summed E-state index contributed by atoms with van der Waals surface area (Å²) in [5.41, 5.74) is 5.25. The van der Waals surface area contributed by atoms with E-state index in [4.69, 9.17) is 0 Å². The average Bonchev–Trinajstić information content (AvgIpc) is 3.12. The van der Waals surface area contributed by atoms with Gasteiger partial charge in [0.05, 0.1) is 17.4 Å². The van der Waals surface area contributed by atoms with Crippen molar-refractivity contribution in [1.29, 1.82) is 0 Å². The van der Waals surface area contributed by atoms with Crippen LogP contribution < -0.4 is 5.32 Å². The monoisotopic (exact) mass is 318 g/mol. The molecule has 0 saturated carbocycles. The Balaban J connectivity index is 1.72. The maximum atomic E-state index is 12.1. The van der Waals surface area contributed by atoms with Crippen LogP contribution in [0.5, 0.6) is 0 Å². The zero-order valence-corrected chi connectivity index (χ0v) is 13.9. The Hall–Kier alpha value is -2.95. The molecular weight excluding hydrogens is 300 g/mol. The first kappa shape index (κ1) is 14.6. The Kier molecular flexibility index (Phi) is 3.06. The molecular formula is C19H18N4O. The zero-order chi connectivity index (χ0) is 16.9. The fourth-order valence-electron chi connectivity index (χ4n) is 3.06. The number of rotatable bonds is 2. The number of imidazole rings is 1. The predicted octanol–water partition coefficient (Wildman–Crippen LogP) is 3.47. The summed E-state index contributed by atoms with van der Waals surface area (Å²) < 4.78 is 1.97. The van der Waals surface area contributed by atoms with Crippen LogP contribution in [0.2, 0.25) is 0 Å². The summed E-state index contributed by atoms with van der Waals surface area (Å²) in [5, 5.41) is 2.96. The van der Waals surface area contributed by atoms with Crippen molar-refractivity contribution in [3.63, 3.8) is 0 Å². The van der Waals surface area contributed by atoms with Gasteiger partial charge in [0.2, 0.25) is 5.91 Å². The maximum Gasteiger partial charge on any atom is 0.234 e. The van der Waals surface area contributed by atoms with Crippen molar-refractivity contribution in [3.8, 4) is 16.9 Å². The van der Waals surface area contributed by atoms with Crippen molar-refractivity contribution in [2.24, 2.45) is 0 Å². The second-order valence-electron chi connectivity index (χ2n) is 6.66. The number of carbonyl (C=O) groups is 1. The number of hydrogen-bond donors (Lipinski definition) is 1. The molecule has 5 nitrogen and oxygen atoms in total. The fourth-order valence-corrected chi connectivity index (χ4v) is 3.06. The topological polar surface area (TPSA) is 59.8 Å². The van der Waals surface area contributed by atoms with Gasteiger partial charge in [-0.3, -0.25) is 9.78 Å². The van der Waals surface area contributed by atoms with Crippen molar-refractivity contribution in [1.82, 2.24) is 14.5 Å². The van der Waals surface area contributed by atoms with E-state index >= 15 is 0 Å². The lowest BCUT2D eigenvalue weighted by Gasteiger charge is -2.14. The Morgan fingerprint density at radius 2 is 1.96 bits per heavy atom. The molecule has 1 N–H and O–H groups in total. The van der Waals surface area contributed by atoms with Crippen LogP contribution in [-0.4, -0.2) is 20.4 Å². The Labute approximate surface area is 140 Å². The molecule has 120 valence electrons. The molecule has 0 saturated heterocycles. The molecule has 0 radical (unpaired) electrons. The van der Waals surface area contributed by atoms with E-state index in [2.05, 4.69) is 15.3 Å². The van der Waals surface area contributed by atoms with Gasteiger partial charge >= 0.3 is 0 Å². The van der Waals surface area contributed by atoms with E-state index in [0.717, 1.165) is 33.9 Å². The minimum absolute atomic E-state index is 0.0347. The summed E-state index contributed by atoms with van der Waals surface area (Å²) in [7, 11) is 0. The lowest BCUT2D eigenvalue weighted by atomic mass is 9.86. The van der Waals surface area contributed by atoms with E-state index in [1.807, 2.05) is 61.9 Å². The van der Waals surface area contributed by atoms with Crippen molar-refractivity contribution < 1.29 is 4.79 Å². The van der Waals surface area contributed by atoms with Gasteiger partial charge in [-0.2, -0.15) is 0 Å². The smallest absolute Gasteiger partial charge is 0.234 e. The number of benzene rings is 1. The van der Waals surface area contributed by atoms with E-state index in [1.54, 1.807) is 12.5 Å². The van der Waals surface area contributed by atoms with E-state index in [9.17, 15) is 4.79 Å². The van der Waals surface area contributed by atoms with E-state index in [-0.39, 0.29) is 5.91 Å². The van der Waals surface area contributed by atoms with Crippen LogP contribution in [0.4, 0.5) is 5.69 Å². The lowest BCUT2D eigenvalue weighted by Crippen LogP contribution is -2.26. The second kappa shape index (κ2) is 5.03. The number of aryl methyl sites for hydroxylation is 1. The quantitative estimate of drug-likeness (QED) is 0.787. The number of aromatic nitrogens is 3. The van der Waals surface area contributed by atoms with Gasteiger partial charge in [-0.25, -0.2) is 4.98 Å². The normalized spacial score (nSPS) is 15.2. The molecule has 0 aliphatic carbocycles. The number of anilines is 1. The van der Waals surface area contributed by atoms with Gasteiger partial charge in [0.25, 0.3) is 0 Å². The Morgan fingerprint density at radius 1 is 1.12 bits per heavy atom. The minimum atomic E-state index is -0.484. The van der Waals surface area contributed by atoms with Crippen molar-refractivity contribution in [2.45, 2.75) is 26.2 Å². The standard InChI is InChI=1S/C19H18N4O/c1-12-8-14(6-7-20-12)23-10-17(21-11-23)13-4-5-15-16(9-13)22-18(24)19(15,2)3/h4-11H,1-3H3,(H,22,24). The third kappa shape index (κ3) is 2.21. The van der Waals surface area contributed by atoms with Gasteiger partial charge in [-0.15, -0.1) is 0 Å². The number of fused-ring (bicyclic) bond motifs is 1. The molecule has 1 aromatic carbocycles. The molecule has 0 spiro atoms. The number of nitrogens with one attached hydrogen (secondary N) is 1. The van der Waals surface area contributed by atoms with Gasteiger partial charge in [0.1, 0.15) is 0 Å². The molecule has 0 fully saturated rings. The van der Waals surface area contributed by atoms with Crippen LogP contribution >= 0.6 is 0 Å². The number of pyridine rings is 1. The molecule has 5 heteroatoms. The highest BCUT2D eigenvalue weighted by Gasteiger charge is 2.38. The number of carbonyl (C=O) groups excluding carboxylic acids is 1. The summed E-state index contributed by atoms with van der Waals surface area (Å²) in [4.78, 5) is 20.8. The van der Waals surface area contributed by atoms with Crippen LogP contribution in [0, 0.1) is 6.92 Å². The fraction of sp³-hybridized carbons (Fsp3) is 0.211. The molecule has 0 bridgehead atoms. The van der Waals surface area contributed by atoms with E-state index < -0.39 is 5.41 Å². The molecule has 1 amide bonds. The molecule has 2 aromatic heterocycles. The van der Waals surface area contributed by atoms with Crippen LogP contribution in [0.3, 0.4) is 0 Å². The first-order valence-electron chi connectivity index (χ1n) is 7.88. The summed E-state index contributed by atoms with van der Waals surface area (Å²) >= 11 is 0. The Bertz CT molecular complexity index is 956. The zero-order valence-electron chi connectivity index (χ0n) is 13.9. The van der Waals surface area contributed by atoms with Gasteiger partial charge in [0.15, 0.2) is 0 Å². The van der Waals surface area contributed by atoms with Crippen LogP contribution in [0.25, 0.3) is 16.9 Å². The SMILES string of the molecule is Cc1cc(-n2cnc(-c3ccc4c(c3)NC(=O)C4(C)C)c2)ccn1. The molecule has 3 heterocycles. The molecule has 1 aliphatic heterocycles. The summed E-state index contributed by atoms with van der Waals surface area (Å²) in [5.74, 6) is 0.0347. The van der Waals surface area contributed by atoms with Crippen LogP contribution in [0.15, 0.2) is 49.1 Å². The number of nitrogens with zero attached hydrogens (tertiary/aromatic N) is 3. The molecule has 1 aliphatic rings. The van der Waals surface area contributed by atoms with Crippen molar-refractivity contribution in [3.05, 3.63) is 60.3 Å². The summed E-state index contributed by atoms with van der Waals surface area (Å²) in [6.45, 7) is 5.84. The van der Waals surface area contributed by atoms with Crippen LogP contribution in [0.1, 0.15) is 25.1 Å². The van der Waals surface area contributed by atoms with Crippen molar-refractivity contribution in [2.75, 3.05) is 5.32 Å². The summed E-state index contributed by atoms with van der Waals surface area (Å²) in [6, 6.07) is 9.98. The molecule has 0 atom stereocenters. The van der Waals surface area contributed by atoms with E-state index in [0.29, 0.717) is 0 Å². The highest BCUT2D eigenvalue weighted by atomic mass is 16.2. The molecule has 0 unspecified atom stereocenters. The van der Waals surface area contributed by atoms with Gasteiger partial charge in [-0.05, 0) is 44.5 Å². The number of hydrogen-bond acceptors (Lipinski definition) is 3. The molecule has 4 rings (SSSR count). The Morgan fingerprint density at radius 3 is 2.75 bits per heavy atom. The first-order chi connectivity index (χ1) is 11.4. The lowest BCUT2D eigenvalue weighted by molar-refractivity contribution is -0.119. The van der Waals surface area contributed by atoms with Crippen molar-refractivity contribution >= 4 is 11.6 Å². The average molecular weight is 318 g/mol. The third-order valence-corrected chi connectivity index (χ3v) is 4.57. The molecule has 3 aromatic rings. The third-order valence-electron chi connectivity index (χ3n) is 4.57. The molecule has 24 heavy (non-hydrogen) atoms. The highest BCUT2D eigenvalue weighted by molar-refractivity contribution is 6.06. The summed E-state index contributed by atoms with van der Waals surface area (Å²) in [6.07, 6.45) is 5.57. The largest absolute Gasteiger partial charge is 0.325 e. The minimum Gasteiger partial charge on any atom is -0.325 e. The van der Waals surface area contributed by atoms with E-state index in [1.165, 1.54) is 0 Å². The number of amides is 1.